The molecule has 1 amide bonds. The molecule has 2 unspecified atom stereocenters. The van der Waals surface area contributed by atoms with E-state index in [1.165, 1.54) is 32.1 Å². The van der Waals surface area contributed by atoms with Crippen molar-refractivity contribution >= 4 is 42.0 Å². The van der Waals surface area contributed by atoms with Crippen LogP contribution in [0.1, 0.15) is 89.6 Å². The molecular formula is C39H57ClFN3O3. The Morgan fingerprint density at radius 1 is 1.06 bits per heavy atom. The van der Waals surface area contributed by atoms with Crippen molar-refractivity contribution in [2.75, 3.05) is 24.2 Å². The Balaban J connectivity index is 0.000000678. The summed E-state index contributed by atoms with van der Waals surface area (Å²) in [4.78, 5) is 29.5. The van der Waals surface area contributed by atoms with Crippen LogP contribution in [0.4, 0.5) is 15.8 Å². The van der Waals surface area contributed by atoms with Crippen molar-refractivity contribution in [2.24, 2.45) is 17.8 Å². The molecule has 2 aliphatic rings. The number of Topliss-reactive ketones (excluding diaryl/α,β-unsaturated/α-hetero) is 1. The van der Waals surface area contributed by atoms with E-state index in [1.54, 1.807) is 19.1 Å². The lowest BCUT2D eigenvalue weighted by Gasteiger charge is -2.39. The first-order valence-electron chi connectivity index (χ1n) is 16.5. The van der Waals surface area contributed by atoms with Crippen molar-refractivity contribution in [1.29, 1.82) is 0 Å². The van der Waals surface area contributed by atoms with Crippen molar-refractivity contribution in [2.45, 2.75) is 86.1 Å². The molecule has 6 nitrogen and oxygen atoms in total. The highest BCUT2D eigenvalue weighted by Gasteiger charge is 2.47. The highest BCUT2D eigenvalue weighted by Crippen LogP contribution is 2.46. The molecule has 0 bridgehead atoms. The van der Waals surface area contributed by atoms with Gasteiger partial charge < -0.3 is 20.7 Å². The number of carbonyl (C=O) groups excluding carboxylic acids is 3. The van der Waals surface area contributed by atoms with E-state index in [-0.39, 0.29) is 34.0 Å². The third kappa shape index (κ3) is 14.0. The maximum Gasteiger partial charge on any atom is 0.211 e. The van der Waals surface area contributed by atoms with Crippen LogP contribution in [0, 0.1) is 24.7 Å². The lowest BCUT2D eigenvalue weighted by molar-refractivity contribution is -0.105. The number of rotatable bonds is 8. The molecule has 2 aromatic rings. The lowest BCUT2D eigenvalue weighted by atomic mass is 9.70. The van der Waals surface area contributed by atoms with Gasteiger partial charge in [-0.1, -0.05) is 96.3 Å². The number of hydrogen-bond acceptors (Lipinski definition) is 5. The summed E-state index contributed by atoms with van der Waals surface area (Å²) < 4.78 is 14.4. The smallest absolute Gasteiger partial charge is 0.211 e. The van der Waals surface area contributed by atoms with Crippen LogP contribution in [-0.4, -0.2) is 38.1 Å². The number of amides is 1. The molecular weight excluding hydrogens is 613 g/mol. The molecule has 0 radical (unpaired) electrons. The number of carbonyl (C=O) groups is 3. The summed E-state index contributed by atoms with van der Waals surface area (Å²) in [6.45, 7) is 20.2. The number of anilines is 2. The number of hydrogen-bond donors (Lipinski definition) is 3. The van der Waals surface area contributed by atoms with Gasteiger partial charge in [-0.15, -0.1) is 0 Å². The maximum atomic E-state index is 14.4. The molecule has 1 heterocycles. The SMILES string of the molecule is C=C/C=C(\C(F)=C(/C)Cl)C1CNC2(CCCCC2)C1C.C=O.CC.CNc1ccc(C(=O)C(C)C)cc1.Cc1cccc(NC=O)c1. The fourth-order valence-corrected chi connectivity index (χ4v) is 5.96. The first-order valence-corrected chi connectivity index (χ1v) is 16.8. The van der Waals surface area contributed by atoms with Gasteiger partial charge in [-0.25, -0.2) is 4.39 Å². The van der Waals surface area contributed by atoms with Crippen molar-refractivity contribution < 1.29 is 18.8 Å². The maximum absolute atomic E-state index is 14.4. The second kappa shape index (κ2) is 23.7. The summed E-state index contributed by atoms with van der Waals surface area (Å²) in [5.41, 5.74) is 4.70. The zero-order valence-corrected chi connectivity index (χ0v) is 30.5. The molecule has 3 N–H and O–H groups in total. The van der Waals surface area contributed by atoms with Gasteiger partial charge in [0.1, 0.15) is 12.6 Å². The van der Waals surface area contributed by atoms with Crippen molar-refractivity contribution in [3.63, 3.8) is 0 Å². The minimum absolute atomic E-state index is 0.0698. The molecule has 0 aromatic heterocycles. The topological polar surface area (TPSA) is 87.3 Å². The molecule has 260 valence electrons. The van der Waals surface area contributed by atoms with Gasteiger partial charge in [0.05, 0.1) is 5.03 Å². The Morgan fingerprint density at radius 2 is 1.66 bits per heavy atom. The molecule has 1 saturated heterocycles. The van der Waals surface area contributed by atoms with Crippen LogP contribution in [-0.2, 0) is 9.59 Å². The van der Waals surface area contributed by atoms with Crippen LogP contribution in [0.15, 0.2) is 83.7 Å². The second-order valence-electron chi connectivity index (χ2n) is 11.7. The number of allylic oxidation sites excluding steroid dienone is 4. The van der Waals surface area contributed by atoms with E-state index >= 15 is 0 Å². The predicted octanol–water partition coefficient (Wildman–Crippen LogP) is 10.1. The van der Waals surface area contributed by atoms with Gasteiger partial charge in [0.2, 0.25) is 6.41 Å². The van der Waals surface area contributed by atoms with Gasteiger partial charge in [-0.05, 0) is 80.1 Å². The van der Waals surface area contributed by atoms with Crippen molar-refractivity contribution in [1.82, 2.24) is 5.32 Å². The van der Waals surface area contributed by atoms with E-state index in [0.717, 1.165) is 29.0 Å². The van der Waals surface area contributed by atoms with Gasteiger partial charge in [-0.3, -0.25) is 9.59 Å². The van der Waals surface area contributed by atoms with E-state index in [9.17, 15) is 14.0 Å². The molecule has 47 heavy (non-hydrogen) atoms. The third-order valence-corrected chi connectivity index (χ3v) is 8.54. The Kier molecular flexibility index (Phi) is 21.9. The van der Waals surface area contributed by atoms with E-state index in [1.807, 2.05) is 97.0 Å². The van der Waals surface area contributed by atoms with Crippen LogP contribution in [0.5, 0.6) is 0 Å². The van der Waals surface area contributed by atoms with Crippen LogP contribution >= 0.6 is 11.6 Å². The normalized spacial score (nSPS) is 18.2. The van der Waals surface area contributed by atoms with E-state index in [2.05, 4.69) is 29.5 Å². The van der Waals surface area contributed by atoms with Crippen molar-refractivity contribution in [3.05, 3.63) is 94.8 Å². The Hall–Kier alpha value is -3.55. The monoisotopic (exact) mass is 669 g/mol. The van der Waals surface area contributed by atoms with Crippen LogP contribution in [0.3, 0.4) is 0 Å². The highest BCUT2D eigenvalue weighted by molar-refractivity contribution is 6.29. The van der Waals surface area contributed by atoms with E-state index in [4.69, 9.17) is 16.4 Å². The quantitative estimate of drug-likeness (QED) is 0.148. The lowest BCUT2D eigenvalue weighted by Crippen LogP contribution is -2.45. The Morgan fingerprint density at radius 3 is 2.13 bits per heavy atom. The number of benzene rings is 2. The highest BCUT2D eigenvalue weighted by atomic mass is 35.5. The predicted molar refractivity (Wildman–Crippen MR) is 199 cm³/mol. The molecule has 1 spiro atoms. The van der Waals surface area contributed by atoms with Crippen molar-refractivity contribution in [3.8, 4) is 0 Å². The molecule has 1 aliphatic heterocycles. The fraction of sp³-hybridized carbons (Fsp3) is 0.462. The number of ketones is 1. The van der Waals surface area contributed by atoms with Gasteiger partial charge in [-0.2, -0.15) is 0 Å². The average molecular weight is 670 g/mol. The minimum atomic E-state index is -0.280. The first kappa shape index (κ1) is 43.5. The summed E-state index contributed by atoms with van der Waals surface area (Å²) in [5.74, 6) is 0.594. The fourth-order valence-electron chi connectivity index (χ4n) is 5.85. The van der Waals surface area contributed by atoms with Crippen LogP contribution < -0.4 is 16.0 Å². The van der Waals surface area contributed by atoms with E-state index < -0.39 is 0 Å². The molecule has 1 saturated carbocycles. The molecule has 8 heteroatoms. The first-order chi connectivity index (χ1) is 22.5. The number of halogens is 2. The summed E-state index contributed by atoms with van der Waals surface area (Å²) in [6, 6.07) is 15.2. The average Bonchev–Trinajstić information content (AvgIpc) is 3.39. The minimum Gasteiger partial charge on any atom is -0.388 e. The Bertz CT molecular complexity index is 1280. The van der Waals surface area contributed by atoms with Crippen LogP contribution in [0.25, 0.3) is 0 Å². The zero-order valence-electron chi connectivity index (χ0n) is 29.7. The number of aryl methyl sites for hydroxylation is 1. The molecule has 1 aliphatic carbocycles. The molecule has 2 aromatic carbocycles. The summed E-state index contributed by atoms with van der Waals surface area (Å²) >= 11 is 5.87. The van der Waals surface area contributed by atoms with Gasteiger partial charge in [0, 0.05) is 47.9 Å². The van der Waals surface area contributed by atoms with Gasteiger partial charge in [0.15, 0.2) is 5.78 Å². The van der Waals surface area contributed by atoms with Gasteiger partial charge >= 0.3 is 0 Å². The zero-order chi connectivity index (χ0) is 36.0. The second-order valence-corrected chi connectivity index (χ2v) is 12.2. The molecule has 2 fully saturated rings. The number of nitrogens with one attached hydrogen (secondary N) is 3. The van der Waals surface area contributed by atoms with Crippen LogP contribution in [0.2, 0.25) is 0 Å². The largest absolute Gasteiger partial charge is 0.388 e. The Labute approximate surface area is 288 Å². The van der Waals surface area contributed by atoms with Gasteiger partial charge in [0.25, 0.3) is 0 Å². The standard InChI is InChI=1S/C17H25ClFN.C11H15NO.C8H9NO.C2H6.CH2O/c1-4-8-14(16(19)13(3)18)15-11-20-17(12(15)2)9-6-5-7-10-17;1-8(2)11(13)9-4-6-10(12-3)7-5-9;1-7-3-2-4-8(5-7)9-6-10;2*1-2/h4,8,12,15,20H,1,5-7,9-11H2,2-3H3;4-8,12H,1-3H3;2-6H,1H3,(H,9,10);1-2H3;1H2/b14-8-,16-13-;;;;. The molecule has 2 atom stereocenters. The summed E-state index contributed by atoms with van der Waals surface area (Å²) in [5, 5.41) is 9.51. The van der Waals surface area contributed by atoms with E-state index in [0.29, 0.717) is 17.9 Å². The summed E-state index contributed by atoms with van der Waals surface area (Å²) in [7, 11) is 1.86. The summed E-state index contributed by atoms with van der Waals surface area (Å²) in [6.07, 6.45) is 10.4. The molecule has 4 rings (SSSR count). The third-order valence-electron chi connectivity index (χ3n) is 8.37.